The van der Waals surface area contributed by atoms with E-state index in [0.717, 1.165) is 30.9 Å². The van der Waals surface area contributed by atoms with Gasteiger partial charge in [-0.3, -0.25) is 4.98 Å². The van der Waals surface area contributed by atoms with Crippen LogP contribution in [0.3, 0.4) is 0 Å². The lowest BCUT2D eigenvalue weighted by molar-refractivity contribution is 0.202. The van der Waals surface area contributed by atoms with Crippen molar-refractivity contribution in [1.29, 1.82) is 0 Å². The number of nitrogens with two attached hydrogens (primary N) is 1. The van der Waals surface area contributed by atoms with Gasteiger partial charge in [-0.25, -0.2) is 0 Å². The maximum atomic E-state index is 5.94. The fraction of sp³-hybridized carbons (Fsp3) is 0.353. The Morgan fingerprint density at radius 1 is 1.10 bits per heavy atom. The Labute approximate surface area is 125 Å². The minimum atomic E-state index is -0.0147. The number of hydrogen-bond donors (Lipinski definition) is 1. The molecule has 0 fully saturated rings. The predicted octanol–water partition coefficient (Wildman–Crippen LogP) is 3.47. The molecule has 21 heavy (non-hydrogen) atoms. The van der Waals surface area contributed by atoms with Crippen LogP contribution in [0.25, 0.3) is 0 Å². The zero-order chi connectivity index (χ0) is 15.1. The lowest BCUT2D eigenvalue weighted by Crippen LogP contribution is -2.10. The summed E-state index contributed by atoms with van der Waals surface area (Å²) in [5.74, 6) is 1.51. The van der Waals surface area contributed by atoms with Gasteiger partial charge in [0.25, 0.3) is 0 Å². The maximum absolute atomic E-state index is 5.94. The summed E-state index contributed by atoms with van der Waals surface area (Å²) in [6.07, 6.45) is 3.49. The molecular formula is C17H22N2O2. The first-order chi connectivity index (χ1) is 10.2. The second-order valence-corrected chi connectivity index (χ2v) is 4.92. The van der Waals surface area contributed by atoms with Crippen LogP contribution in [0.15, 0.2) is 42.6 Å². The zero-order valence-electron chi connectivity index (χ0n) is 12.6. The highest BCUT2D eigenvalue weighted by Gasteiger charge is 2.05. The van der Waals surface area contributed by atoms with Gasteiger partial charge in [-0.05, 0) is 42.7 Å². The topological polar surface area (TPSA) is 57.4 Å². The standard InChI is InChI=1S/C17H22N2O2/c1-3-16(18)17-9-8-15(12-19-17)21-14-6-4-13(5-7-14)10-11-20-2/h4-9,12,16H,3,10-11,18H2,1-2H3/t16-/m1/s1. The largest absolute Gasteiger partial charge is 0.456 e. The van der Waals surface area contributed by atoms with Crippen molar-refractivity contribution in [2.24, 2.45) is 5.73 Å². The van der Waals surface area contributed by atoms with Crippen molar-refractivity contribution in [3.63, 3.8) is 0 Å². The summed E-state index contributed by atoms with van der Waals surface area (Å²) in [6, 6.07) is 11.8. The highest BCUT2D eigenvalue weighted by molar-refractivity contribution is 5.32. The molecule has 1 aromatic heterocycles. The van der Waals surface area contributed by atoms with Gasteiger partial charge in [0.2, 0.25) is 0 Å². The van der Waals surface area contributed by atoms with E-state index in [1.807, 2.05) is 43.3 Å². The monoisotopic (exact) mass is 286 g/mol. The molecular weight excluding hydrogens is 264 g/mol. The quantitative estimate of drug-likeness (QED) is 0.846. The van der Waals surface area contributed by atoms with Crippen LogP contribution >= 0.6 is 0 Å². The summed E-state index contributed by atoms with van der Waals surface area (Å²) < 4.78 is 10.8. The van der Waals surface area contributed by atoms with Gasteiger partial charge in [0.05, 0.1) is 18.5 Å². The number of methoxy groups -OCH3 is 1. The van der Waals surface area contributed by atoms with Crippen LogP contribution < -0.4 is 10.5 Å². The molecule has 0 radical (unpaired) electrons. The molecule has 0 aliphatic carbocycles. The lowest BCUT2D eigenvalue weighted by Gasteiger charge is -2.10. The molecule has 1 heterocycles. The summed E-state index contributed by atoms with van der Waals surface area (Å²) in [7, 11) is 1.71. The number of aromatic nitrogens is 1. The maximum Gasteiger partial charge on any atom is 0.145 e. The van der Waals surface area contributed by atoms with Crippen molar-refractivity contribution in [2.45, 2.75) is 25.8 Å². The third kappa shape index (κ3) is 4.55. The smallest absolute Gasteiger partial charge is 0.145 e. The average Bonchev–Trinajstić information content (AvgIpc) is 2.54. The van der Waals surface area contributed by atoms with E-state index in [4.69, 9.17) is 15.2 Å². The fourth-order valence-electron chi connectivity index (χ4n) is 1.96. The number of ether oxygens (including phenoxy) is 2. The first-order valence-electron chi connectivity index (χ1n) is 7.20. The van der Waals surface area contributed by atoms with Crippen molar-refractivity contribution < 1.29 is 9.47 Å². The van der Waals surface area contributed by atoms with Crippen LogP contribution in [0.5, 0.6) is 11.5 Å². The van der Waals surface area contributed by atoms with E-state index in [0.29, 0.717) is 5.75 Å². The van der Waals surface area contributed by atoms with Gasteiger partial charge in [0.1, 0.15) is 11.5 Å². The second-order valence-electron chi connectivity index (χ2n) is 4.92. The summed E-state index contributed by atoms with van der Waals surface area (Å²) in [5.41, 5.74) is 8.06. The van der Waals surface area contributed by atoms with Crippen molar-refractivity contribution in [3.8, 4) is 11.5 Å². The van der Waals surface area contributed by atoms with E-state index in [2.05, 4.69) is 4.98 Å². The minimum absolute atomic E-state index is 0.0147. The van der Waals surface area contributed by atoms with Crippen LogP contribution in [0.1, 0.15) is 30.6 Å². The Balaban J connectivity index is 1.97. The van der Waals surface area contributed by atoms with Crippen LogP contribution in [0.2, 0.25) is 0 Å². The number of rotatable bonds is 7. The molecule has 0 saturated heterocycles. The molecule has 0 unspecified atom stereocenters. The molecule has 0 aliphatic heterocycles. The molecule has 0 aliphatic rings. The van der Waals surface area contributed by atoms with E-state index in [1.54, 1.807) is 13.3 Å². The highest BCUT2D eigenvalue weighted by Crippen LogP contribution is 2.22. The molecule has 4 nitrogen and oxygen atoms in total. The molecule has 1 atom stereocenters. The molecule has 2 N–H and O–H groups in total. The number of nitrogens with zero attached hydrogens (tertiary/aromatic N) is 1. The van der Waals surface area contributed by atoms with Crippen molar-refractivity contribution in [1.82, 2.24) is 4.98 Å². The molecule has 0 amide bonds. The summed E-state index contributed by atoms with van der Waals surface area (Å²) in [5, 5.41) is 0. The van der Waals surface area contributed by atoms with E-state index < -0.39 is 0 Å². The Kier molecular flexibility index (Phi) is 5.72. The van der Waals surface area contributed by atoms with Gasteiger partial charge in [-0.1, -0.05) is 19.1 Å². The average molecular weight is 286 g/mol. The van der Waals surface area contributed by atoms with Crippen molar-refractivity contribution >= 4 is 0 Å². The van der Waals surface area contributed by atoms with Gasteiger partial charge < -0.3 is 15.2 Å². The van der Waals surface area contributed by atoms with Crippen LogP contribution in [0.4, 0.5) is 0 Å². The summed E-state index contributed by atoms with van der Waals surface area (Å²) >= 11 is 0. The van der Waals surface area contributed by atoms with Gasteiger partial charge in [-0.15, -0.1) is 0 Å². The Hall–Kier alpha value is -1.91. The highest BCUT2D eigenvalue weighted by atomic mass is 16.5. The molecule has 0 bridgehead atoms. The molecule has 0 saturated carbocycles. The van der Waals surface area contributed by atoms with Gasteiger partial charge >= 0.3 is 0 Å². The third-order valence-electron chi connectivity index (χ3n) is 3.33. The SMILES string of the molecule is CC[C@@H](N)c1ccc(Oc2ccc(CCOC)cc2)cn1. The Morgan fingerprint density at radius 3 is 2.38 bits per heavy atom. The van der Waals surface area contributed by atoms with Gasteiger partial charge in [-0.2, -0.15) is 0 Å². The molecule has 4 heteroatoms. The normalized spacial score (nSPS) is 12.1. The molecule has 2 rings (SSSR count). The number of benzene rings is 1. The Morgan fingerprint density at radius 2 is 1.81 bits per heavy atom. The summed E-state index contributed by atoms with van der Waals surface area (Å²) in [4.78, 5) is 4.34. The van der Waals surface area contributed by atoms with Crippen LogP contribution in [-0.2, 0) is 11.2 Å². The molecule has 1 aromatic carbocycles. The fourth-order valence-corrected chi connectivity index (χ4v) is 1.96. The first-order valence-corrected chi connectivity index (χ1v) is 7.20. The van der Waals surface area contributed by atoms with Crippen molar-refractivity contribution in [2.75, 3.05) is 13.7 Å². The third-order valence-corrected chi connectivity index (χ3v) is 3.33. The number of pyridine rings is 1. The van der Waals surface area contributed by atoms with Crippen molar-refractivity contribution in [3.05, 3.63) is 53.9 Å². The molecule has 2 aromatic rings. The minimum Gasteiger partial charge on any atom is -0.456 e. The van der Waals surface area contributed by atoms with E-state index in [1.165, 1.54) is 5.56 Å². The zero-order valence-corrected chi connectivity index (χ0v) is 12.6. The van der Waals surface area contributed by atoms with E-state index >= 15 is 0 Å². The van der Waals surface area contributed by atoms with Gasteiger partial charge in [0, 0.05) is 13.2 Å². The number of hydrogen-bond acceptors (Lipinski definition) is 4. The van der Waals surface area contributed by atoms with Crippen LogP contribution in [0, 0.1) is 0 Å². The predicted molar refractivity (Wildman–Crippen MR) is 83.6 cm³/mol. The van der Waals surface area contributed by atoms with E-state index in [-0.39, 0.29) is 6.04 Å². The van der Waals surface area contributed by atoms with Crippen LogP contribution in [-0.4, -0.2) is 18.7 Å². The van der Waals surface area contributed by atoms with Gasteiger partial charge in [0.15, 0.2) is 0 Å². The second kappa shape index (κ2) is 7.76. The van der Waals surface area contributed by atoms with E-state index in [9.17, 15) is 0 Å². The summed E-state index contributed by atoms with van der Waals surface area (Å²) in [6.45, 7) is 2.77. The molecule has 0 spiro atoms. The molecule has 112 valence electrons. The lowest BCUT2D eigenvalue weighted by atomic mass is 10.1. The first kappa shape index (κ1) is 15.5. The Bertz CT molecular complexity index is 538.